The van der Waals surface area contributed by atoms with Gasteiger partial charge in [-0.3, -0.25) is 9.69 Å². The van der Waals surface area contributed by atoms with Gasteiger partial charge < -0.3 is 15.0 Å². The summed E-state index contributed by atoms with van der Waals surface area (Å²) in [6, 6.07) is 8.12. The molecular weight excluding hydrogens is 302 g/mol. The quantitative estimate of drug-likeness (QED) is 0.917. The van der Waals surface area contributed by atoms with Gasteiger partial charge >= 0.3 is 0 Å². The number of hydrogen-bond acceptors (Lipinski definition) is 4. The number of ether oxygens (including phenoxy) is 1. The van der Waals surface area contributed by atoms with Crippen LogP contribution in [0.5, 0.6) is 5.75 Å². The van der Waals surface area contributed by atoms with Crippen LogP contribution in [0, 0.1) is 0 Å². The predicted octanol–water partition coefficient (Wildman–Crippen LogP) is 2.04. The number of hydrogen-bond donors (Lipinski definition) is 1. The van der Waals surface area contributed by atoms with Crippen molar-refractivity contribution in [3.63, 3.8) is 0 Å². The van der Waals surface area contributed by atoms with Crippen LogP contribution in [0.2, 0.25) is 0 Å². The highest BCUT2D eigenvalue weighted by Crippen LogP contribution is 2.29. The number of likely N-dealkylation sites (tertiary alicyclic amines) is 1. The van der Waals surface area contributed by atoms with E-state index in [2.05, 4.69) is 28.1 Å². The monoisotopic (exact) mass is 331 g/mol. The van der Waals surface area contributed by atoms with Crippen molar-refractivity contribution in [1.29, 1.82) is 0 Å². The summed E-state index contributed by atoms with van der Waals surface area (Å²) < 4.78 is 5.39. The Morgan fingerprint density at radius 1 is 1.25 bits per heavy atom. The van der Waals surface area contributed by atoms with E-state index in [0.29, 0.717) is 6.04 Å². The summed E-state index contributed by atoms with van der Waals surface area (Å²) in [4.78, 5) is 17.8. The molecule has 0 aliphatic carbocycles. The number of piperidine rings is 1. The summed E-state index contributed by atoms with van der Waals surface area (Å²) in [5.41, 5.74) is 1.04. The average molecular weight is 331 g/mol. The molecule has 2 heterocycles. The molecule has 1 aromatic carbocycles. The lowest BCUT2D eigenvalue weighted by molar-refractivity contribution is -0.139. The topological polar surface area (TPSA) is 44.8 Å². The molecule has 132 valence electrons. The van der Waals surface area contributed by atoms with Crippen LogP contribution >= 0.6 is 0 Å². The zero-order valence-electron chi connectivity index (χ0n) is 14.8. The highest BCUT2D eigenvalue weighted by Gasteiger charge is 2.35. The van der Waals surface area contributed by atoms with Gasteiger partial charge in [0.1, 0.15) is 11.8 Å². The van der Waals surface area contributed by atoms with Gasteiger partial charge in [-0.15, -0.1) is 0 Å². The van der Waals surface area contributed by atoms with Crippen LogP contribution in [0.4, 0.5) is 0 Å². The lowest BCUT2D eigenvalue weighted by atomic mass is 9.99. The van der Waals surface area contributed by atoms with Gasteiger partial charge in [-0.1, -0.05) is 12.1 Å². The zero-order valence-corrected chi connectivity index (χ0v) is 14.8. The van der Waals surface area contributed by atoms with Crippen molar-refractivity contribution < 1.29 is 9.53 Å². The molecule has 1 amide bonds. The molecule has 0 bridgehead atoms. The fraction of sp³-hybridized carbons (Fsp3) is 0.632. The molecule has 2 saturated heterocycles. The molecule has 5 heteroatoms. The molecule has 0 radical (unpaired) electrons. The van der Waals surface area contributed by atoms with Gasteiger partial charge in [0, 0.05) is 38.8 Å². The molecule has 0 aromatic heterocycles. The van der Waals surface area contributed by atoms with Gasteiger partial charge in [0.2, 0.25) is 5.91 Å². The van der Waals surface area contributed by atoms with Crippen molar-refractivity contribution in [2.75, 3.05) is 39.8 Å². The molecule has 2 fully saturated rings. The molecule has 2 aliphatic heterocycles. The minimum absolute atomic E-state index is 0.213. The first kappa shape index (κ1) is 17.2. The number of carbonyl (C=O) groups excluding carboxylic acids is 1. The highest BCUT2D eigenvalue weighted by atomic mass is 16.5. The molecule has 2 atom stereocenters. The first-order valence-corrected chi connectivity index (χ1v) is 9.10. The summed E-state index contributed by atoms with van der Waals surface area (Å²) in [6.07, 6.45) is 3.47. The molecule has 0 saturated carbocycles. The summed E-state index contributed by atoms with van der Waals surface area (Å²) in [6.45, 7) is 6.72. The average Bonchev–Trinajstić information content (AvgIpc) is 2.64. The molecule has 24 heavy (non-hydrogen) atoms. The number of amides is 1. The molecule has 3 rings (SSSR count). The number of carbonyl (C=O) groups is 1. The minimum Gasteiger partial charge on any atom is -0.497 e. The van der Waals surface area contributed by atoms with Crippen LogP contribution in [-0.4, -0.2) is 61.6 Å². The lowest BCUT2D eigenvalue weighted by Gasteiger charge is -2.41. The van der Waals surface area contributed by atoms with Crippen LogP contribution < -0.4 is 10.1 Å². The fourth-order valence-corrected chi connectivity index (χ4v) is 3.82. The summed E-state index contributed by atoms with van der Waals surface area (Å²) >= 11 is 0. The Labute approximate surface area is 145 Å². The second kappa shape index (κ2) is 7.99. The number of rotatable bonds is 4. The van der Waals surface area contributed by atoms with E-state index in [1.54, 1.807) is 7.11 Å². The number of benzene rings is 1. The largest absolute Gasteiger partial charge is 0.497 e. The van der Waals surface area contributed by atoms with Gasteiger partial charge in [-0.2, -0.15) is 0 Å². The Morgan fingerprint density at radius 2 is 2.04 bits per heavy atom. The summed E-state index contributed by atoms with van der Waals surface area (Å²) in [5, 5.41) is 3.42. The van der Waals surface area contributed by atoms with E-state index in [1.165, 1.54) is 6.42 Å². The Balaban J connectivity index is 1.91. The molecule has 1 aromatic rings. The molecule has 5 nitrogen and oxygen atoms in total. The Morgan fingerprint density at radius 3 is 2.75 bits per heavy atom. The van der Waals surface area contributed by atoms with Crippen molar-refractivity contribution in [3.05, 3.63) is 29.8 Å². The van der Waals surface area contributed by atoms with Crippen LogP contribution in [-0.2, 0) is 4.79 Å². The van der Waals surface area contributed by atoms with Gasteiger partial charge in [0.05, 0.1) is 7.11 Å². The smallest absolute Gasteiger partial charge is 0.244 e. The van der Waals surface area contributed by atoms with E-state index in [4.69, 9.17) is 4.74 Å². The van der Waals surface area contributed by atoms with Gasteiger partial charge in [0.25, 0.3) is 0 Å². The maximum absolute atomic E-state index is 13.4. The maximum atomic E-state index is 13.4. The summed E-state index contributed by atoms with van der Waals surface area (Å²) in [7, 11) is 1.67. The third-order valence-electron chi connectivity index (χ3n) is 5.20. The number of nitrogens with one attached hydrogen (secondary N) is 1. The predicted molar refractivity (Wildman–Crippen MR) is 95.2 cm³/mol. The van der Waals surface area contributed by atoms with E-state index in [-0.39, 0.29) is 11.9 Å². The fourth-order valence-electron chi connectivity index (χ4n) is 3.82. The van der Waals surface area contributed by atoms with Crippen molar-refractivity contribution in [2.24, 2.45) is 0 Å². The van der Waals surface area contributed by atoms with Crippen LogP contribution in [0.15, 0.2) is 24.3 Å². The second-order valence-electron chi connectivity index (χ2n) is 6.86. The van der Waals surface area contributed by atoms with E-state index in [9.17, 15) is 4.79 Å². The molecule has 2 aliphatic rings. The van der Waals surface area contributed by atoms with Gasteiger partial charge in [0.15, 0.2) is 0 Å². The van der Waals surface area contributed by atoms with Crippen molar-refractivity contribution in [3.8, 4) is 5.75 Å². The zero-order chi connectivity index (χ0) is 16.9. The number of methoxy groups -OCH3 is 1. The Bertz CT molecular complexity index is 557. The molecular formula is C19H29N3O2. The lowest BCUT2D eigenvalue weighted by Crippen LogP contribution is -2.55. The minimum atomic E-state index is -0.213. The third kappa shape index (κ3) is 3.73. The van der Waals surface area contributed by atoms with Crippen LogP contribution in [0.3, 0.4) is 0 Å². The number of piperazine rings is 1. The SMILES string of the molecule is COc1cccc(C(C(=O)N2CCCCC2)N2CCNCC2C)c1. The molecule has 0 spiro atoms. The maximum Gasteiger partial charge on any atom is 0.244 e. The van der Waals surface area contributed by atoms with Crippen LogP contribution in [0.25, 0.3) is 0 Å². The second-order valence-corrected chi connectivity index (χ2v) is 6.86. The first-order valence-electron chi connectivity index (χ1n) is 9.10. The number of nitrogens with zero attached hydrogens (tertiary/aromatic N) is 2. The van der Waals surface area contributed by atoms with Crippen molar-refractivity contribution >= 4 is 5.91 Å². The van der Waals surface area contributed by atoms with E-state index < -0.39 is 0 Å². The Kier molecular flexibility index (Phi) is 5.74. The Hall–Kier alpha value is -1.59. The van der Waals surface area contributed by atoms with E-state index >= 15 is 0 Å². The van der Waals surface area contributed by atoms with Gasteiger partial charge in [-0.05, 0) is 43.9 Å². The van der Waals surface area contributed by atoms with Crippen LogP contribution in [0.1, 0.15) is 37.8 Å². The standard InChI is InChI=1S/C19H29N3O2/c1-15-14-20-9-12-22(15)18(16-7-6-8-17(13-16)24-2)19(23)21-10-4-3-5-11-21/h6-8,13,15,18,20H,3-5,9-12,14H2,1-2H3. The molecule has 2 unspecified atom stereocenters. The van der Waals surface area contributed by atoms with Crippen molar-refractivity contribution in [1.82, 2.24) is 15.1 Å². The molecule has 1 N–H and O–H groups in total. The van der Waals surface area contributed by atoms with E-state index in [0.717, 1.165) is 56.9 Å². The van der Waals surface area contributed by atoms with Gasteiger partial charge in [-0.25, -0.2) is 0 Å². The van der Waals surface area contributed by atoms with E-state index in [1.807, 2.05) is 18.2 Å². The third-order valence-corrected chi connectivity index (χ3v) is 5.20. The highest BCUT2D eigenvalue weighted by molar-refractivity contribution is 5.83. The van der Waals surface area contributed by atoms with Crippen molar-refractivity contribution in [2.45, 2.75) is 38.3 Å². The first-order chi connectivity index (χ1) is 11.7. The normalized spacial score (nSPS) is 23.8. The summed E-state index contributed by atoms with van der Waals surface area (Å²) in [5.74, 6) is 1.06.